The third-order valence-electron chi connectivity index (χ3n) is 14.6. The molecule has 4 bridgehead atoms. The Morgan fingerprint density at radius 2 is 1.12 bits per heavy atom. The fourth-order valence-corrected chi connectivity index (χ4v) is 12.9. The summed E-state index contributed by atoms with van der Waals surface area (Å²) < 4.78 is 87.0. The predicted octanol–water partition coefficient (Wildman–Crippen LogP) is 5.19. The van der Waals surface area contributed by atoms with Crippen LogP contribution in [0.4, 0.5) is 9.59 Å². The number of hydrogen-bond donors (Lipinski definition) is 2. The molecule has 2 aromatic carbocycles. The monoisotopic (exact) mass is 928 g/mol. The van der Waals surface area contributed by atoms with E-state index in [1.165, 1.54) is 29.5 Å². The number of benzene rings is 2. The molecule has 2 N–H and O–H groups in total. The van der Waals surface area contributed by atoms with Crippen molar-refractivity contribution in [1.29, 1.82) is 0 Å². The van der Waals surface area contributed by atoms with Crippen molar-refractivity contribution in [2.24, 2.45) is 0 Å². The molecule has 64 heavy (non-hydrogen) atoms. The number of fused-ring (bicyclic) bond motifs is 12. The van der Waals surface area contributed by atoms with Crippen molar-refractivity contribution in [2.45, 2.75) is 145 Å². The van der Waals surface area contributed by atoms with Crippen LogP contribution < -0.4 is 9.44 Å². The molecule has 354 valence electrons. The summed E-state index contributed by atoms with van der Waals surface area (Å²) in [6, 6.07) is 12.5. The smallest absolute Gasteiger partial charge is 0.410 e. The number of hydrogen-bond acceptors (Lipinski definition) is 10. The minimum absolute atomic E-state index is 0.0378. The van der Waals surface area contributed by atoms with Gasteiger partial charge in [0.25, 0.3) is 20.4 Å². The van der Waals surface area contributed by atoms with Crippen molar-refractivity contribution in [3.63, 3.8) is 0 Å². The molecule has 0 spiro atoms. The van der Waals surface area contributed by atoms with Crippen molar-refractivity contribution in [3.8, 4) is 0 Å². The van der Waals surface area contributed by atoms with E-state index in [0.717, 1.165) is 72.4 Å². The van der Waals surface area contributed by atoms with Crippen LogP contribution in [0, 0.1) is 0 Å². The van der Waals surface area contributed by atoms with E-state index in [0.29, 0.717) is 57.5 Å². The zero-order valence-corrected chi connectivity index (χ0v) is 39.3. The molecule has 0 aromatic heterocycles. The molecular formula is C46H68N6O10S2. The van der Waals surface area contributed by atoms with Crippen molar-refractivity contribution >= 4 is 32.6 Å². The number of rotatable bonds is 8. The summed E-state index contributed by atoms with van der Waals surface area (Å²) in [4.78, 5) is 30.5. The first-order valence-corrected chi connectivity index (χ1v) is 26.4. The highest BCUT2D eigenvalue weighted by molar-refractivity contribution is 7.87. The number of piperidine rings is 2. The van der Waals surface area contributed by atoms with Crippen molar-refractivity contribution in [1.82, 2.24) is 27.9 Å². The first kappa shape index (κ1) is 47.1. The maximum absolute atomic E-state index is 14.2. The van der Waals surface area contributed by atoms with Crippen LogP contribution in [0.1, 0.15) is 117 Å². The third-order valence-corrected chi connectivity index (χ3v) is 17.7. The second-order valence-electron chi connectivity index (χ2n) is 18.9. The topological polar surface area (TPSA) is 176 Å². The van der Waals surface area contributed by atoms with Crippen LogP contribution in [0.3, 0.4) is 0 Å². The van der Waals surface area contributed by atoms with E-state index in [9.17, 15) is 26.4 Å². The van der Waals surface area contributed by atoms with Crippen LogP contribution in [-0.4, -0.2) is 144 Å². The molecule has 18 heteroatoms. The summed E-state index contributed by atoms with van der Waals surface area (Å²) in [5, 5.41) is 0. The zero-order valence-electron chi connectivity index (χ0n) is 37.7. The van der Waals surface area contributed by atoms with Crippen molar-refractivity contribution in [2.75, 3.05) is 60.7 Å². The first-order chi connectivity index (χ1) is 30.8. The fourth-order valence-electron chi connectivity index (χ4n) is 10.9. The molecular weight excluding hydrogens is 861 g/mol. The third kappa shape index (κ3) is 11.1. The van der Waals surface area contributed by atoms with Gasteiger partial charge in [0.2, 0.25) is 0 Å². The molecule has 2 aliphatic carbocycles. The summed E-state index contributed by atoms with van der Waals surface area (Å²) in [6.07, 6.45) is 9.85. The SMILES string of the molecule is CN(C)S(=O)(=O)N[C@H]1CCCN2C(=O)OCCc3ccc(CN(C)S(=O)(=O)NC4CCCN5C(=O)OCCc6ccccc6C6CCC(CC6)OC[C@@H]45)cc3C3CCC(CC3)OCC12. The highest BCUT2D eigenvalue weighted by atomic mass is 32.2. The van der Waals surface area contributed by atoms with Crippen molar-refractivity contribution in [3.05, 3.63) is 70.3 Å². The second-order valence-corrected chi connectivity index (χ2v) is 22.6. The lowest BCUT2D eigenvalue weighted by molar-refractivity contribution is -0.0271. The molecule has 8 aliphatic rings. The lowest BCUT2D eigenvalue weighted by Gasteiger charge is -2.42. The van der Waals surface area contributed by atoms with Gasteiger partial charge < -0.3 is 28.7 Å². The van der Waals surface area contributed by atoms with Crippen molar-refractivity contribution < 1.29 is 45.4 Å². The Labute approximate surface area is 380 Å². The lowest BCUT2D eigenvalue weighted by atomic mass is 9.80. The molecule has 2 aromatic rings. The van der Waals surface area contributed by atoms with Gasteiger partial charge in [-0.3, -0.25) is 0 Å². The minimum Gasteiger partial charge on any atom is -0.449 e. The Balaban J connectivity index is 0.939. The average Bonchev–Trinajstić information content (AvgIpc) is 3.28. The van der Waals surface area contributed by atoms with Gasteiger partial charge in [0, 0.05) is 65.7 Å². The molecule has 2 unspecified atom stereocenters. The van der Waals surface area contributed by atoms with E-state index in [1.807, 2.05) is 18.2 Å². The van der Waals surface area contributed by atoms with Crippen LogP contribution in [0.15, 0.2) is 42.5 Å². The van der Waals surface area contributed by atoms with Crippen LogP contribution in [0.25, 0.3) is 0 Å². The van der Waals surface area contributed by atoms with E-state index in [1.54, 1.807) is 16.8 Å². The quantitative estimate of drug-likeness (QED) is 0.359. The zero-order chi connectivity index (χ0) is 45.0. The molecule has 10 rings (SSSR count). The van der Waals surface area contributed by atoms with Gasteiger partial charge in [-0.25, -0.2) is 9.59 Å². The Morgan fingerprint density at radius 3 is 1.67 bits per heavy atom. The summed E-state index contributed by atoms with van der Waals surface area (Å²) in [5.41, 5.74) is 5.58. The Bertz CT molecular complexity index is 2160. The summed E-state index contributed by atoms with van der Waals surface area (Å²) in [5.74, 6) is 0.661. The average molecular weight is 929 g/mol. The number of amides is 2. The van der Waals surface area contributed by atoms with E-state index in [-0.39, 0.29) is 51.1 Å². The van der Waals surface area contributed by atoms with Crippen LogP contribution >= 0.6 is 0 Å². The molecule has 4 fully saturated rings. The van der Waals surface area contributed by atoms with Gasteiger partial charge >= 0.3 is 12.2 Å². The number of nitrogens with zero attached hydrogens (tertiary/aromatic N) is 4. The van der Waals surface area contributed by atoms with Gasteiger partial charge in [-0.2, -0.15) is 34.9 Å². The molecule has 6 heterocycles. The molecule has 16 nitrogen and oxygen atoms in total. The van der Waals surface area contributed by atoms with Gasteiger partial charge in [-0.05, 0) is 117 Å². The van der Waals surface area contributed by atoms with Gasteiger partial charge in [0.15, 0.2) is 0 Å². The molecule has 0 radical (unpaired) electrons. The first-order valence-electron chi connectivity index (χ1n) is 23.5. The number of nitrogens with one attached hydrogen (secondary N) is 2. The maximum Gasteiger partial charge on any atom is 0.410 e. The minimum atomic E-state index is -4.01. The summed E-state index contributed by atoms with van der Waals surface area (Å²) >= 11 is 0. The standard InChI is InChI=1S/C46H68N6O10S2/c1-49(2)63(55,56)47-41-10-6-24-51-43(41)30-61-38-20-16-35(17-21-38)40-28-32(12-13-36(40)23-27-60-45(51)53)29-50(3)64(57,58)48-42-11-7-25-52-44(42)31-62-37-18-14-34(15-19-37)39-9-5-4-8-33(39)22-26-59-46(52)54/h4-5,8-9,12-13,28,34-35,37-38,41-44,47-48H,6-7,10-11,14-27,29-31H2,1-3H3/t34?,35?,37?,38?,41-,42?,43?,44-/m0/s1. The Morgan fingerprint density at radius 1 is 0.625 bits per heavy atom. The molecule has 4 atom stereocenters. The van der Waals surface area contributed by atoms with Gasteiger partial charge in [-0.1, -0.05) is 42.5 Å². The molecule has 2 saturated carbocycles. The number of ether oxygens (including phenoxy) is 4. The van der Waals surface area contributed by atoms with E-state index in [2.05, 4.69) is 33.7 Å². The van der Waals surface area contributed by atoms with Gasteiger partial charge in [0.05, 0.1) is 50.7 Å². The molecule has 2 amide bonds. The predicted molar refractivity (Wildman–Crippen MR) is 241 cm³/mol. The molecule has 6 aliphatic heterocycles. The highest BCUT2D eigenvalue weighted by Gasteiger charge is 2.41. The van der Waals surface area contributed by atoms with Crippen LogP contribution in [0.5, 0.6) is 0 Å². The van der Waals surface area contributed by atoms with Gasteiger partial charge in [-0.15, -0.1) is 0 Å². The number of carbonyl (C=O) groups excluding carboxylic acids is 2. The maximum atomic E-state index is 14.2. The summed E-state index contributed by atoms with van der Waals surface area (Å²) in [6.45, 7) is 1.86. The van der Waals surface area contributed by atoms with Gasteiger partial charge in [0.1, 0.15) is 0 Å². The normalized spacial score (nSPS) is 30.0. The Hall–Kier alpha value is -3.36. The van der Waals surface area contributed by atoms with Crippen LogP contribution in [0.2, 0.25) is 0 Å². The number of carbonyl (C=O) groups is 2. The fraction of sp³-hybridized carbons (Fsp3) is 0.696. The highest BCUT2D eigenvalue weighted by Crippen LogP contribution is 2.39. The van der Waals surface area contributed by atoms with E-state index >= 15 is 0 Å². The van der Waals surface area contributed by atoms with Crippen LogP contribution in [-0.2, 0) is 58.8 Å². The largest absolute Gasteiger partial charge is 0.449 e. The summed E-state index contributed by atoms with van der Waals surface area (Å²) in [7, 11) is -3.21. The van der Waals surface area contributed by atoms with E-state index < -0.39 is 56.8 Å². The Kier molecular flexibility index (Phi) is 15.2. The molecule has 2 saturated heterocycles. The van der Waals surface area contributed by atoms with E-state index in [4.69, 9.17) is 18.9 Å². The lowest BCUT2D eigenvalue weighted by Crippen LogP contribution is -2.60. The second kappa shape index (κ2) is 20.7.